The summed E-state index contributed by atoms with van der Waals surface area (Å²) in [6, 6.07) is 4.06. The third-order valence-corrected chi connectivity index (χ3v) is 4.50. The predicted molar refractivity (Wildman–Crippen MR) is 94.3 cm³/mol. The first kappa shape index (κ1) is 20.2. The molecule has 2 amide bonds. The number of piperidine rings is 1. The lowest BCUT2D eigenvalue weighted by Gasteiger charge is -2.32. The highest BCUT2D eigenvalue weighted by Gasteiger charge is 2.27. The van der Waals surface area contributed by atoms with Gasteiger partial charge in [-0.15, -0.1) is 0 Å². The minimum Gasteiger partial charge on any atom is -0.466 e. The Kier molecular flexibility index (Phi) is 7.38. The molecule has 0 spiro atoms. The topological polar surface area (TPSA) is 75.7 Å². The number of esters is 1. The van der Waals surface area contributed by atoms with E-state index in [1.807, 2.05) is 0 Å². The van der Waals surface area contributed by atoms with Crippen molar-refractivity contribution >= 4 is 29.4 Å². The summed E-state index contributed by atoms with van der Waals surface area (Å²) in [5.41, 5.74) is -0.119. The molecule has 26 heavy (non-hydrogen) atoms. The van der Waals surface area contributed by atoms with Gasteiger partial charge in [-0.25, -0.2) is 4.39 Å². The van der Waals surface area contributed by atoms with Crippen molar-refractivity contribution < 1.29 is 23.5 Å². The lowest BCUT2D eigenvalue weighted by Crippen LogP contribution is -2.46. The minimum absolute atomic E-state index is 0.0444. The number of hydrogen-bond acceptors (Lipinski definition) is 4. The molecule has 8 heteroatoms. The van der Waals surface area contributed by atoms with Crippen LogP contribution in [0, 0.1) is 5.82 Å². The van der Waals surface area contributed by atoms with Crippen molar-refractivity contribution in [3.8, 4) is 0 Å². The SMILES string of the molecule is CCOC(=O)CCC(=O)NC1CCN(C(=O)c2c(F)cccc2Cl)CC1. The van der Waals surface area contributed by atoms with Crippen LogP contribution in [0.2, 0.25) is 5.02 Å². The van der Waals surface area contributed by atoms with Gasteiger partial charge in [0.25, 0.3) is 5.91 Å². The normalized spacial score (nSPS) is 14.8. The van der Waals surface area contributed by atoms with Gasteiger partial charge in [-0.3, -0.25) is 14.4 Å². The van der Waals surface area contributed by atoms with Gasteiger partial charge < -0.3 is 15.0 Å². The number of halogens is 2. The monoisotopic (exact) mass is 384 g/mol. The molecule has 1 aliphatic heterocycles. The average molecular weight is 385 g/mol. The molecule has 0 radical (unpaired) electrons. The van der Waals surface area contributed by atoms with E-state index < -0.39 is 17.7 Å². The van der Waals surface area contributed by atoms with Crippen LogP contribution in [0.15, 0.2) is 18.2 Å². The van der Waals surface area contributed by atoms with Crippen LogP contribution >= 0.6 is 11.6 Å². The van der Waals surface area contributed by atoms with Gasteiger partial charge in [0, 0.05) is 25.6 Å². The van der Waals surface area contributed by atoms with E-state index in [2.05, 4.69) is 5.32 Å². The maximum absolute atomic E-state index is 13.9. The van der Waals surface area contributed by atoms with Crippen LogP contribution in [0.25, 0.3) is 0 Å². The van der Waals surface area contributed by atoms with E-state index in [4.69, 9.17) is 16.3 Å². The molecule has 0 aromatic heterocycles. The number of nitrogens with zero attached hydrogens (tertiary/aromatic N) is 1. The first-order valence-corrected chi connectivity index (χ1v) is 8.98. The summed E-state index contributed by atoms with van der Waals surface area (Å²) >= 11 is 5.94. The molecule has 1 aromatic carbocycles. The number of rotatable bonds is 6. The molecule has 142 valence electrons. The van der Waals surface area contributed by atoms with Crippen LogP contribution in [0.1, 0.15) is 43.0 Å². The summed E-state index contributed by atoms with van der Waals surface area (Å²) < 4.78 is 18.7. The summed E-state index contributed by atoms with van der Waals surface area (Å²) in [4.78, 5) is 37.1. The third-order valence-electron chi connectivity index (χ3n) is 4.19. The van der Waals surface area contributed by atoms with Gasteiger partial charge >= 0.3 is 5.97 Å². The molecule has 0 aliphatic carbocycles. The Labute approximate surface area is 156 Å². The van der Waals surface area contributed by atoms with E-state index in [1.165, 1.54) is 23.1 Å². The van der Waals surface area contributed by atoms with Gasteiger partial charge in [0.2, 0.25) is 5.91 Å². The quantitative estimate of drug-likeness (QED) is 0.765. The molecule has 1 saturated heterocycles. The number of benzene rings is 1. The van der Waals surface area contributed by atoms with Crippen LogP contribution in [-0.4, -0.2) is 48.4 Å². The molecule has 1 fully saturated rings. The van der Waals surface area contributed by atoms with Gasteiger partial charge in [-0.05, 0) is 31.9 Å². The zero-order valence-corrected chi connectivity index (χ0v) is 15.4. The molecule has 6 nitrogen and oxygen atoms in total. The number of carbonyl (C=O) groups excluding carboxylic acids is 3. The van der Waals surface area contributed by atoms with E-state index in [1.54, 1.807) is 6.92 Å². The minimum atomic E-state index is -0.642. The number of carbonyl (C=O) groups is 3. The molecular formula is C18H22ClFN2O4. The summed E-state index contributed by atoms with van der Waals surface area (Å²) in [5.74, 6) is -1.71. The maximum Gasteiger partial charge on any atom is 0.306 e. The Morgan fingerprint density at radius 1 is 1.27 bits per heavy atom. The Balaban J connectivity index is 1.81. The number of ether oxygens (including phenoxy) is 1. The lowest BCUT2D eigenvalue weighted by atomic mass is 10.0. The smallest absolute Gasteiger partial charge is 0.306 e. The van der Waals surface area contributed by atoms with E-state index >= 15 is 0 Å². The highest BCUT2D eigenvalue weighted by molar-refractivity contribution is 6.33. The number of hydrogen-bond donors (Lipinski definition) is 1. The second-order valence-electron chi connectivity index (χ2n) is 6.04. The summed E-state index contributed by atoms with van der Waals surface area (Å²) in [6.07, 6.45) is 1.23. The average Bonchev–Trinajstić information content (AvgIpc) is 2.60. The fraction of sp³-hybridized carbons (Fsp3) is 0.500. The van der Waals surface area contributed by atoms with Crippen molar-refractivity contribution in [3.63, 3.8) is 0 Å². The molecule has 1 N–H and O–H groups in total. The summed E-state index contributed by atoms with van der Waals surface area (Å²) in [6.45, 7) is 2.79. The molecule has 2 rings (SSSR count). The maximum atomic E-state index is 13.9. The summed E-state index contributed by atoms with van der Waals surface area (Å²) in [7, 11) is 0. The largest absolute Gasteiger partial charge is 0.466 e. The van der Waals surface area contributed by atoms with Crippen LogP contribution in [0.3, 0.4) is 0 Å². The van der Waals surface area contributed by atoms with Crippen LogP contribution < -0.4 is 5.32 Å². The number of likely N-dealkylation sites (tertiary alicyclic amines) is 1. The molecule has 1 aromatic rings. The zero-order chi connectivity index (χ0) is 19.1. The van der Waals surface area contributed by atoms with Gasteiger partial charge in [-0.2, -0.15) is 0 Å². The van der Waals surface area contributed by atoms with Crippen LogP contribution in [0.4, 0.5) is 4.39 Å². The molecule has 0 bridgehead atoms. The Morgan fingerprint density at radius 2 is 1.96 bits per heavy atom. The molecule has 0 unspecified atom stereocenters. The molecule has 0 saturated carbocycles. The molecule has 1 aliphatic rings. The van der Waals surface area contributed by atoms with Gasteiger partial charge in [-0.1, -0.05) is 17.7 Å². The molecule has 0 atom stereocenters. The van der Waals surface area contributed by atoms with E-state index in [0.29, 0.717) is 32.5 Å². The van der Waals surface area contributed by atoms with E-state index in [0.717, 1.165) is 0 Å². The van der Waals surface area contributed by atoms with Crippen molar-refractivity contribution in [2.45, 2.75) is 38.6 Å². The van der Waals surface area contributed by atoms with Gasteiger partial charge in [0.05, 0.1) is 23.6 Å². The highest BCUT2D eigenvalue weighted by Crippen LogP contribution is 2.22. The highest BCUT2D eigenvalue weighted by atomic mass is 35.5. The first-order chi connectivity index (χ1) is 12.4. The fourth-order valence-electron chi connectivity index (χ4n) is 2.84. The van der Waals surface area contributed by atoms with Crippen molar-refractivity contribution in [1.82, 2.24) is 10.2 Å². The second kappa shape index (κ2) is 9.52. The van der Waals surface area contributed by atoms with E-state index in [-0.39, 0.29) is 35.4 Å². The lowest BCUT2D eigenvalue weighted by molar-refractivity contribution is -0.144. The Morgan fingerprint density at radius 3 is 2.58 bits per heavy atom. The second-order valence-corrected chi connectivity index (χ2v) is 6.44. The van der Waals surface area contributed by atoms with Crippen molar-refractivity contribution in [1.29, 1.82) is 0 Å². The fourth-order valence-corrected chi connectivity index (χ4v) is 3.08. The Bertz CT molecular complexity index is 655. The van der Waals surface area contributed by atoms with Gasteiger partial charge in [0.1, 0.15) is 5.82 Å². The predicted octanol–water partition coefficient (Wildman–Crippen LogP) is 2.54. The summed E-state index contributed by atoms with van der Waals surface area (Å²) in [5, 5.41) is 2.94. The first-order valence-electron chi connectivity index (χ1n) is 8.60. The van der Waals surface area contributed by atoms with Crippen molar-refractivity contribution in [3.05, 3.63) is 34.6 Å². The van der Waals surface area contributed by atoms with Crippen LogP contribution in [0.5, 0.6) is 0 Å². The van der Waals surface area contributed by atoms with Crippen molar-refractivity contribution in [2.75, 3.05) is 19.7 Å². The molecular weight excluding hydrogens is 363 g/mol. The van der Waals surface area contributed by atoms with E-state index in [9.17, 15) is 18.8 Å². The third kappa shape index (κ3) is 5.42. The number of nitrogens with one attached hydrogen (secondary N) is 1. The Hall–Kier alpha value is -2.15. The number of amides is 2. The zero-order valence-electron chi connectivity index (χ0n) is 14.6. The van der Waals surface area contributed by atoms with Gasteiger partial charge in [0.15, 0.2) is 0 Å². The van der Waals surface area contributed by atoms with Crippen LogP contribution in [-0.2, 0) is 14.3 Å². The molecule has 1 heterocycles. The standard InChI is InChI=1S/C18H22ClFN2O4/c1-2-26-16(24)7-6-15(23)21-12-8-10-22(11-9-12)18(25)17-13(19)4-3-5-14(17)20/h3-5,12H,2,6-11H2,1H3,(H,21,23). The van der Waals surface area contributed by atoms with Crippen molar-refractivity contribution in [2.24, 2.45) is 0 Å².